The first-order valence-electron chi connectivity index (χ1n) is 5.54. The lowest BCUT2D eigenvalue weighted by Crippen LogP contribution is -2.39. The van der Waals surface area contributed by atoms with Gasteiger partial charge in [0.2, 0.25) is 5.91 Å². The van der Waals surface area contributed by atoms with Crippen molar-refractivity contribution in [2.75, 3.05) is 6.54 Å². The van der Waals surface area contributed by atoms with Crippen molar-refractivity contribution >= 4 is 11.9 Å². The van der Waals surface area contributed by atoms with E-state index in [-0.39, 0.29) is 18.4 Å². The summed E-state index contributed by atoms with van der Waals surface area (Å²) in [6.07, 6.45) is 2.39. The predicted molar refractivity (Wildman–Crippen MR) is 58.6 cm³/mol. The van der Waals surface area contributed by atoms with E-state index in [4.69, 9.17) is 5.11 Å². The fraction of sp³-hybridized carbons (Fsp3) is 0.818. The standard InChI is InChI=1S/C11H21NO3/c1-4-6-7-10(13)12(5-2)9(3)8-11(14)15/h9H,4-8H2,1-3H3,(H,14,15). The molecule has 0 heterocycles. The van der Waals surface area contributed by atoms with Crippen molar-refractivity contribution in [3.05, 3.63) is 0 Å². The fourth-order valence-corrected chi connectivity index (χ4v) is 1.57. The van der Waals surface area contributed by atoms with Crippen LogP contribution in [0.4, 0.5) is 0 Å². The Morgan fingerprint density at radius 3 is 2.33 bits per heavy atom. The van der Waals surface area contributed by atoms with Crippen LogP contribution in [-0.2, 0) is 9.59 Å². The first kappa shape index (κ1) is 13.9. The highest BCUT2D eigenvalue weighted by atomic mass is 16.4. The van der Waals surface area contributed by atoms with Gasteiger partial charge in [-0.25, -0.2) is 0 Å². The number of carbonyl (C=O) groups excluding carboxylic acids is 1. The summed E-state index contributed by atoms with van der Waals surface area (Å²) in [4.78, 5) is 23.9. The Morgan fingerprint density at radius 1 is 1.33 bits per heavy atom. The number of rotatable bonds is 7. The maximum atomic E-state index is 11.7. The number of carboxylic acids is 1. The molecule has 0 saturated carbocycles. The van der Waals surface area contributed by atoms with Gasteiger partial charge in [-0.15, -0.1) is 0 Å². The summed E-state index contributed by atoms with van der Waals surface area (Å²) < 4.78 is 0. The van der Waals surface area contributed by atoms with E-state index in [1.165, 1.54) is 0 Å². The van der Waals surface area contributed by atoms with Crippen LogP contribution in [-0.4, -0.2) is 34.5 Å². The molecule has 1 N–H and O–H groups in total. The molecule has 0 spiro atoms. The predicted octanol–water partition coefficient (Wildman–Crippen LogP) is 1.89. The lowest BCUT2D eigenvalue weighted by Gasteiger charge is -2.27. The van der Waals surface area contributed by atoms with Crippen LogP contribution in [0.25, 0.3) is 0 Å². The average Bonchev–Trinajstić information content (AvgIpc) is 2.14. The molecule has 1 atom stereocenters. The molecule has 0 aromatic carbocycles. The quantitative estimate of drug-likeness (QED) is 0.705. The van der Waals surface area contributed by atoms with Crippen molar-refractivity contribution in [2.45, 2.75) is 52.5 Å². The minimum atomic E-state index is -0.857. The fourth-order valence-electron chi connectivity index (χ4n) is 1.57. The zero-order valence-electron chi connectivity index (χ0n) is 9.82. The van der Waals surface area contributed by atoms with Gasteiger partial charge in [0.25, 0.3) is 0 Å². The number of aliphatic carboxylic acids is 1. The maximum absolute atomic E-state index is 11.7. The first-order valence-corrected chi connectivity index (χ1v) is 5.54. The Labute approximate surface area is 91.3 Å². The van der Waals surface area contributed by atoms with Gasteiger partial charge >= 0.3 is 5.97 Å². The van der Waals surface area contributed by atoms with Crippen LogP contribution in [0, 0.1) is 0 Å². The molecule has 0 aromatic heterocycles. The van der Waals surface area contributed by atoms with Crippen molar-refractivity contribution in [3.8, 4) is 0 Å². The molecule has 0 radical (unpaired) electrons. The Hall–Kier alpha value is -1.06. The van der Waals surface area contributed by atoms with Gasteiger partial charge in [0.05, 0.1) is 6.42 Å². The molecule has 0 aliphatic carbocycles. The van der Waals surface area contributed by atoms with E-state index in [2.05, 4.69) is 0 Å². The lowest BCUT2D eigenvalue weighted by molar-refractivity contribution is -0.140. The van der Waals surface area contributed by atoms with Crippen molar-refractivity contribution < 1.29 is 14.7 Å². The third kappa shape index (κ3) is 5.40. The Kier molecular flexibility index (Phi) is 6.75. The van der Waals surface area contributed by atoms with Gasteiger partial charge < -0.3 is 10.0 Å². The number of nitrogens with zero attached hydrogens (tertiary/aromatic N) is 1. The third-order valence-electron chi connectivity index (χ3n) is 2.41. The highest BCUT2D eigenvalue weighted by Gasteiger charge is 2.19. The van der Waals surface area contributed by atoms with E-state index >= 15 is 0 Å². The minimum absolute atomic E-state index is 0.0195. The number of unbranched alkanes of at least 4 members (excludes halogenated alkanes) is 1. The molecule has 0 saturated heterocycles. The molecule has 1 unspecified atom stereocenters. The summed E-state index contributed by atoms with van der Waals surface area (Å²) in [7, 11) is 0. The molecule has 0 aliphatic heterocycles. The minimum Gasteiger partial charge on any atom is -0.481 e. The molecular formula is C11H21NO3. The number of amides is 1. The topological polar surface area (TPSA) is 57.6 Å². The van der Waals surface area contributed by atoms with Crippen LogP contribution in [0.1, 0.15) is 46.5 Å². The summed E-state index contributed by atoms with van der Waals surface area (Å²) in [5, 5.41) is 8.65. The monoisotopic (exact) mass is 215 g/mol. The number of carboxylic acid groups (broad SMARTS) is 1. The number of hydrogen-bond acceptors (Lipinski definition) is 2. The molecule has 0 aromatic rings. The lowest BCUT2D eigenvalue weighted by atomic mass is 10.1. The van der Waals surface area contributed by atoms with Crippen LogP contribution in [0.15, 0.2) is 0 Å². The summed E-state index contributed by atoms with van der Waals surface area (Å²) in [6, 6.07) is -0.211. The average molecular weight is 215 g/mol. The second-order valence-electron chi connectivity index (χ2n) is 3.73. The van der Waals surface area contributed by atoms with E-state index < -0.39 is 5.97 Å². The largest absolute Gasteiger partial charge is 0.481 e. The van der Waals surface area contributed by atoms with Gasteiger partial charge in [0.15, 0.2) is 0 Å². The van der Waals surface area contributed by atoms with Gasteiger partial charge in [0.1, 0.15) is 0 Å². The first-order chi connectivity index (χ1) is 7.02. The molecule has 4 nitrogen and oxygen atoms in total. The molecule has 15 heavy (non-hydrogen) atoms. The highest BCUT2D eigenvalue weighted by molar-refractivity contribution is 5.77. The van der Waals surface area contributed by atoms with Gasteiger partial charge in [0, 0.05) is 19.0 Å². The zero-order chi connectivity index (χ0) is 11.8. The zero-order valence-corrected chi connectivity index (χ0v) is 9.82. The van der Waals surface area contributed by atoms with Crippen LogP contribution < -0.4 is 0 Å². The third-order valence-corrected chi connectivity index (χ3v) is 2.41. The van der Waals surface area contributed by atoms with Crippen LogP contribution in [0.2, 0.25) is 0 Å². The van der Waals surface area contributed by atoms with Gasteiger partial charge in [-0.3, -0.25) is 9.59 Å². The second-order valence-corrected chi connectivity index (χ2v) is 3.73. The van der Waals surface area contributed by atoms with Crippen molar-refractivity contribution in [3.63, 3.8) is 0 Å². The number of hydrogen-bond donors (Lipinski definition) is 1. The molecule has 1 amide bonds. The van der Waals surface area contributed by atoms with Crippen molar-refractivity contribution in [1.29, 1.82) is 0 Å². The molecule has 0 rings (SSSR count). The van der Waals surface area contributed by atoms with Gasteiger partial charge in [-0.2, -0.15) is 0 Å². The van der Waals surface area contributed by atoms with E-state index in [0.717, 1.165) is 12.8 Å². The van der Waals surface area contributed by atoms with E-state index in [9.17, 15) is 9.59 Å². The Balaban J connectivity index is 4.20. The summed E-state index contributed by atoms with van der Waals surface area (Å²) in [6.45, 7) is 6.27. The Morgan fingerprint density at radius 2 is 1.93 bits per heavy atom. The molecule has 0 bridgehead atoms. The number of carbonyl (C=O) groups is 2. The highest BCUT2D eigenvalue weighted by Crippen LogP contribution is 2.08. The van der Waals surface area contributed by atoms with Crippen LogP contribution in [0.5, 0.6) is 0 Å². The van der Waals surface area contributed by atoms with Gasteiger partial charge in [-0.05, 0) is 20.3 Å². The van der Waals surface area contributed by atoms with Crippen molar-refractivity contribution in [2.24, 2.45) is 0 Å². The maximum Gasteiger partial charge on any atom is 0.305 e. The molecule has 4 heteroatoms. The second kappa shape index (κ2) is 7.26. The summed E-state index contributed by atoms with van der Waals surface area (Å²) in [5.41, 5.74) is 0. The smallest absolute Gasteiger partial charge is 0.305 e. The Bertz CT molecular complexity index is 216. The van der Waals surface area contributed by atoms with E-state index in [0.29, 0.717) is 13.0 Å². The summed E-state index contributed by atoms with van der Waals surface area (Å²) in [5.74, 6) is -0.794. The molecule has 88 valence electrons. The molecular weight excluding hydrogens is 194 g/mol. The SMILES string of the molecule is CCCCC(=O)N(CC)C(C)CC(=O)O. The van der Waals surface area contributed by atoms with Crippen LogP contribution in [0.3, 0.4) is 0 Å². The summed E-state index contributed by atoms with van der Waals surface area (Å²) >= 11 is 0. The van der Waals surface area contributed by atoms with Crippen LogP contribution >= 0.6 is 0 Å². The van der Waals surface area contributed by atoms with E-state index in [1.54, 1.807) is 11.8 Å². The van der Waals surface area contributed by atoms with E-state index in [1.807, 2.05) is 13.8 Å². The molecule has 0 fully saturated rings. The normalized spacial score (nSPS) is 12.2. The molecule has 0 aliphatic rings. The van der Waals surface area contributed by atoms with Gasteiger partial charge in [-0.1, -0.05) is 13.3 Å². The van der Waals surface area contributed by atoms with Crippen molar-refractivity contribution in [1.82, 2.24) is 4.90 Å².